The number of nitrogens with zero attached hydrogens (tertiary/aromatic N) is 2. The number of hydrogen-bond acceptors (Lipinski definition) is 4. The number of hydrogen-bond donors (Lipinski definition) is 1. The van der Waals surface area contributed by atoms with Crippen LogP contribution in [0.5, 0.6) is 0 Å². The van der Waals surface area contributed by atoms with E-state index in [-0.39, 0.29) is 30.3 Å². The molecular weight excluding hydrogens is 348 g/mol. The molecule has 2 fully saturated rings. The van der Waals surface area contributed by atoms with Crippen molar-refractivity contribution in [3.05, 3.63) is 21.9 Å². The Morgan fingerprint density at radius 1 is 1.23 bits per heavy atom. The predicted molar refractivity (Wildman–Crippen MR) is 103 cm³/mol. The second kappa shape index (κ2) is 8.09. The lowest BCUT2D eigenvalue weighted by atomic mass is 9.78. The van der Waals surface area contributed by atoms with Crippen LogP contribution in [0.1, 0.15) is 41.9 Å². The van der Waals surface area contributed by atoms with Crippen LogP contribution >= 0.6 is 11.3 Å². The van der Waals surface area contributed by atoms with Crippen molar-refractivity contribution in [3.63, 3.8) is 0 Å². The fourth-order valence-electron chi connectivity index (χ4n) is 4.44. The number of carbonyl (C=O) groups excluding carboxylic acids is 2. The van der Waals surface area contributed by atoms with Crippen molar-refractivity contribution in [2.45, 2.75) is 33.6 Å². The van der Waals surface area contributed by atoms with Crippen molar-refractivity contribution in [1.82, 2.24) is 9.80 Å². The standard InChI is InChI=1S/C20H30N2O3S/c1-13(2)19(24)21-7-4-15(5-8-21)17-11-22(10-16(17)12-23)20(25)18-14(3)6-9-26-18/h6,9,13,15-17,23H,4-5,7-8,10-12H2,1-3H3/t16-,17-/m0/s1. The molecule has 1 N–H and O–H groups in total. The Morgan fingerprint density at radius 3 is 2.46 bits per heavy atom. The lowest BCUT2D eigenvalue weighted by Crippen LogP contribution is -2.43. The minimum Gasteiger partial charge on any atom is -0.396 e. The molecule has 0 bridgehead atoms. The number of aliphatic hydroxyl groups is 1. The van der Waals surface area contributed by atoms with E-state index >= 15 is 0 Å². The van der Waals surface area contributed by atoms with Crippen molar-refractivity contribution in [1.29, 1.82) is 0 Å². The van der Waals surface area contributed by atoms with Gasteiger partial charge in [-0.15, -0.1) is 11.3 Å². The van der Waals surface area contributed by atoms with E-state index in [0.29, 0.717) is 18.4 Å². The molecule has 0 aromatic carbocycles. The summed E-state index contributed by atoms with van der Waals surface area (Å²) in [5.74, 6) is 1.34. The second-order valence-corrected chi connectivity index (χ2v) is 8.98. The number of aryl methyl sites for hydroxylation is 1. The van der Waals surface area contributed by atoms with Gasteiger partial charge in [0.1, 0.15) is 0 Å². The number of piperidine rings is 1. The van der Waals surface area contributed by atoms with Crippen LogP contribution in [0.4, 0.5) is 0 Å². The molecule has 2 aliphatic rings. The molecule has 144 valence electrons. The van der Waals surface area contributed by atoms with E-state index in [1.165, 1.54) is 11.3 Å². The first kappa shape index (κ1) is 19.4. The van der Waals surface area contributed by atoms with E-state index < -0.39 is 0 Å². The Balaban J connectivity index is 1.63. The summed E-state index contributed by atoms with van der Waals surface area (Å²) in [5.41, 5.74) is 1.03. The highest BCUT2D eigenvalue weighted by Gasteiger charge is 2.41. The Morgan fingerprint density at radius 2 is 1.92 bits per heavy atom. The first-order valence-corrected chi connectivity index (χ1v) is 10.5. The van der Waals surface area contributed by atoms with Gasteiger partial charge in [-0.3, -0.25) is 9.59 Å². The number of thiophene rings is 1. The second-order valence-electron chi connectivity index (χ2n) is 8.07. The van der Waals surface area contributed by atoms with E-state index in [2.05, 4.69) is 0 Å². The molecule has 2 atom stereocenters. The normalized spacial score (nSPS) is 24.5. The van der Waals surface area contributed by atoms with E-state index in [1.54, 1.807) is 0 Å². The smallest absolute Gasteiger partial charge is 0.264 e. The van der Waals surface area contributed by atoms with Gasteiger partial charge in [0, 0.05) is 44.6 Å². The van der Waals surface area contributed by atoms with Crippen LogP contribution in [0.2, 0.25) is 0 Å². The predicted octanol–water partition coefficient (Wildman–Crippen LogP) is 2.63. The van der Waals surface area contributed by atoms with Gasteiger partial charge >= 0.3 is 0 Å². The number of amides is 2. The molecule has 1 aromatic rings. The summed E-state index contributed by atoms with van der Waals surface area (Å²) in [7, 11) is 0. The summed E-state index contributed by atoms with van der Waals surface area (Å²) >= 11 is 1.50. The summed E-state index contributed by atoms with van der Waals surface area (Å²) in [5, 5.41) is 11.8. The van der Waals surface area contributed by atoms with Crippen LogP contribution in [-0.2, 0) is 4.79 Å². The summed E-state index contributed by atoms with van der Waals surface area (Å²) < 4.78 is 0. The first-order valence-electron chi connectivity index (χ1n) is 9.65. The summed E-state index contributed by atoms with van der Waals surface area (Å²) in [4.78, 5) is 29.7. The fourth-order valence-corrected chi connectivity index (χ4v) is 5.33. The van der Waals surface area contributed by atoms with Crippen molar-refractivity contribution in [2.75, 3.05) is 32.8 Å². The van der Waals surface area contributed by atoms with Crippen LogP contribution < -0.4 is 0 Å². The molecule has 0 aliphatic carbocycles. The fraction of sp³-hybridized carbons (Fsp3) is 0.700. The van der Waals surface area contributed by atoms with E-state index in [0.717, 1.165) is 42.9 Å². The molecule has 6 heteroatoms. The van der Waals surface area contributed by atoms with Crippen LogP contribution in [0.25, 0.3) is 0 Å². The minimum atomic E-state index is 0.0466. The summed E-state index contributed by atoms with van der Waals surface area (Å²) in [6.45, 7) is 8.97. The van der Waals surface area contributed by atoms with Gasteiger partial charge in [0.05, 0.1) is 4.88 Å². The highest BCUT2D eigenvalue weighted by atomic mass is 32.1. The lowest BCUT2D eigenvalue weighted by molar-refractivity contribution is -0.136. The first-order chi connectivity index (χ1) is 12.4. The van der Waals surface area contributed by atoms with Gasteiger partial charge in [0.2, 0.25) is 5.91 Å². The minimum absolute atomic E-state index is 0.0466. The average molecular weight is 379 g/mol. The molecule has 3 rings (SSSR count). The van der Waals surface area contributed by atoms with Crippen LogP contribution in [-0.4, -0.2) is 59.5 Å². The van der Waals surface area contributed by atoms with E-state index in [1.807, 2.05) is 42.0 Å². The van der Waals surface area contributed by atoms with Gasteiger partial charge in [0.15, 0.2) is 0 Å². The quantitative estimate of drug-likeness (QED) is 0.876. The molecule has 2 aliphatic heterocycles. The Labute approximate surface area is 160 Å². The summed E-state index contributed by atoms with van der Waals surface area (Å²) in [6.07, 6.45) is 1.94. The molecular formula is C20H30N2O3S. The third-order valence-electron chi connectivity index (χ3n) is 6.02. The van der Waals surface area contributed by atoms with Gasteiger partial charge in [-0.2, -0.15) is 0 Å². The van der Waals surface area contributed by atoms with Crippen molar-refractivity contribution in [3.8, 4) is 0 Å². The van der Waals surface area contributed by atoms with Gasteiger partial charge in [-0.25, -0.2) is 0 Å². The molecule has 3 heterocycles. The number of carbonyl (C=O) groups is 2. The van der Waals surface area contributed by atoms with Gasteiger partial charge in [-0.1, -0.05) is 13.8 Å². The molecule has 0 spiro atoms. The Hall–Kier alpha value is -1.40. The maximum Gasteiger partial charge on any atom is 0.264 e. The van der Waals surface area contributed by atoms with Crippen LogP contribution in [0, 0.1) is 30.6 Å². The Kier molecular flexibility index (Phi) is 6.03. The van der Waals surface area contributed by atoms with Crippen molar-refractivity contribution in [2.24, 2.45) is 23.7 Å². The van der Waals surface area contributed by atoms with E-state index in [9.17, 15) is 14.7 Å². The zero-order valence-corrected chi connectivity index (χ0v) is 16.8. The molecule has 0 unspecified atom stereocenters. The molecule has 0 saturated carbocycles. The van der Waals surface area contributed by atoms with Gasteiger partial charge in [-0.05, 0) is 48.6 Å². The maximum absolute atomic E-state index is 12.8. The SMILES string of the molecule is Cc1ccsc1C(=O)N1C[C@@H](CO)[C@H](C2CCN(C(=O)C(C)C)CC2)C1. The monoisotopic (exact) mass is 378 g/mol. The topological polar surface area (TPSA) is 60.9 Å². The molecule has 1 aromatic heterocycles. The molecule has 5 nitrogen and oxygen atoms in total. The molecule has 0 radical (unpaired) electrons. The zero-order chi connectivity index (χ0) is 18.8. The summed E-state index contributed by atoms with van der Waals surface area (Å²) in [6, 6.07) is 1.98. The Bertz CT molecular complexity index is 649. The largest absolute Gasteiger partial charge is 0.396 e. The highest BCUT2D eigenvalue weighted by molar-refractivity contribution is 7.12. The molecule has 26 heavy (non-hydrogen) atoms. The average Bonchev–Trinajstić information content (AvgIpc) is 3.26. The van der Waals surface area contributed by atoms with Crippen LogP contribution in [0.15, 0.2) is 11.4 Å². The lowest BCUT2D eigenvalue weighted by Gasteiger charge is -2.37. The van der Waals surface area contributed by atoms with Crippen molar-refractivity contribution >= 4 is 23.2 Å². The number of aliphatic hydroxyl groups excluding tert-OH is 1. The van der Waals surface area contributed by atoms with Crippen molar-refractivity contribution < 1.29 is 14.7 Å². The van der Waals surface area contributed by atoms with Gasteiger partial charge < -0.3 is 14.9 Å². The highest BCUT2D eigenvalue weighted by Crippen LogP contribution is 2.36. The van der Waals surface area contributed by atoms with E-state index in [4.69, 9.17) is 0 Å². The maximum atomic E-state index is 12.8. The zero-order valence-electron chi connectivity index (χ0n) is 16.0. The molecule has 2 saturated heterocycles. The van der Waals surface area contributed by atoms with Crippen LogP contribution in [0.3, 0.4) is 0 Å². The number of rotatable bonds is 4. The number of likely N-dealkylation sites (tertiary alicyclic amines) is 2. The third kappa shape index (κ3) is 3.81. The van der Waals surface area contributed by atoms with Gasteiger partial charge in [0.25, 0.3) is 5.91 Å². The third-order valence-corrected chi connectivity index (χ3v) is 7.02. The molecule has 2 amide bonds.